The molecule has 23 nitrogen and oxygen atoms in total. The van der Waals surface area contributed by atoms with E-state index >= 15 is 0 Å². The van der Waals surface area contributed by atoms with Crippen molar-refractivity contribution >= 4 is 40.4 Å². The third-order valence-electron chi connectivity index (χ3n) is 3.91. The van der Waals surface area contributed by atoms with Crippen LogP contribution in [0.25, 0.3) is 11.2 Å². The zero-order valence-electron chi connectivity index (χ0n) is 18.6. The van der Waals surface area contributed by atoms with Gasteiger partial charge in [0.15, 0.2) is 17.4 Å². The van der Waals surface area contributed by atoms with Gasteiger partial charge in [0.2, 0.25) is 13.7 Å². The van der Waals surface area contributed by atoms with Gasteiger partial charge in [-0.25, -0.2) is 9.84 Å². The number of phosphoric acid groups is 1. The smallest absolute Gasteiger partial charge is 0.799 e. The Hall–Kier alpha value is -1.19. The molecule has 6 unspecified atom stereocenters. The summed E-state index contributed by atoms with van der Waals surface area (Å²) in [6.45, 7) is -1.11. The number of nitrogen functional groups attached to an aromatic ring is 1. The molecular formula is C10H22CrN6O17P3. The van der Waals surface area contributed by atoms with Gasteiger partial charge in [-0.1, -0.05) is 0 Å². The molecule has 0 aliphatic carbocycles. The van der Waals surface area contributed by atoms with Crippen LogP contribution < -0.4 is 35.7 Å². The van der Waals surface area contributed by atoms with Crippen LogP contribution in [0.4, 0.5) is 5.95 Å². The average Bonchev–Trinajstić information content (AvgIpc) is 3.12. The zero-order chi connectivity index (χ0) is 24.1. The van der Waals surface area contributed by atoms with Crippen LogP contribution in [-0.2, 0) is 44.6 Å². The maximum absolute atomic E-state index is 11.8. The van der Waals surface area contributed by atoms with Crippen LogP contribution in [0.1, 0.15) is 7.65 Å². The first-order chi connectivity index (χ1) is 14.6. The average molecular weight is 643 g/mol. The van der Waals surface area contributed by atoms with Gasteiger partial charge in [0, 0.05) is 7.75 Å². The predicted molar refractivity (Wildman–Crippen MR) is 107 cm³/mol. The standard InChI is InChI=1S/C10H17N6O13P3.Cr.4H2O/c11-10-13-7-4(8(19)14-10)12-2-16(7)9-6(18)5(17)3(28-9)1-27-32(25,26)29-31(23,24)15-30(20,21)22;;;;;/h2-3,5-6,9,17-18H,1H2,(H,25,26)(H3,11,13,14,19)(H4,15,20,21,22,23,24);;4*1H2/q;+3;;;;/p-3. The number of nitrogens with two attached hydrogens (primary N) is 1. The molecule has 37 heavy (non-hydrogen) atoms. The number of ether oxygens (including phenoxy) is 1. The van der Waals surface area contributed by atoms with Gasteiger partial charge in [-0.15, -0.1) is 0 Å². The number of aromatic amines is 1. The minimum absolute atomic E-state index is 0. The zero-order valence-corrected chi connectivity index (χ0v) is 21.6. The molecule has 2 aromatic heterocycles. The van der Waals surface area contributed by atoms with E-state index in [9.17, 15) is 48.3 Å². The minimum Gasteiger partial charge on any atom is -0.799 e. The van der Waals surface area contributed by atoms with Crippen LogP contribution >= 0.6 is 23.3 Å². The number of H-pyrrole nitrogens is 1. The van der Waals surface area contributed by atoms with Crippen LogP contribution in [0.15, 0.2) is 11.1 Å². The molecule has 0 amide bonds. The number of aromatic nitrogens is 4. The summed E-state index contributed by atoms with van der Waals surface area (Å²) in [5.74, 6) is -0.294. The van der Waals surface area contributed by atoms with Crippen molar-refractivity contribution in [2.45, 2.75) is 24.5 Å². The second-order valence-corrected chi connectivity index (χ2v) is 10.8. The maximum Gasteiger partial charge on any atom is 3.00 e. The van der Waals surface area contributed by atoms with Gasteiger partial charge in [0.05, 0.1) is 12.9 Å². The Morgan fingerprint density at radius 2 is 1.73 bits per heavy atom. The van der Waals surface area contributed by atoms with Crippen molar-refractivity contribution in [3.05, 3.63) is 16.7 Å². The number of hydrogen-bond acceptors (Lipinski definition) is 16. The number of imidazole rings is 1. The van der Waals surface area contributed by atoms with E-state index in [1.165, 1.54) is 0 Å². The first-order valence-corrected chi connectivity index (χ1v) is 12.7. The van der Waals surface area contributed by atoms with Gasteiger partial charge in [-0.2, -0.15) is 4.98 Å². The molecule has 1 aliphatic heterocycles. The van der Waals surface area contributed by atoms with Crippen LogP contribution in [-0.4, -0.2) is 76.6 Å². The van der Waals surface area contributed by atoms with Crippen molar-refractivity contribution < 1.29 is 97.7 Å². The Morgan fingerprint density at radius 3 is 2.27 bits per heavy atom. The Bertz CT molecular complexity index is 1230. The summed E-state index contributed by atoms with van der Waals surface area (Å²) >= 11 is 0. The predicted octanol–water partition coefficient (Wildman–Crippen LogP) is -8.48. The van der Waals surface area contributed by atoms with E-state index in [-0.39, 0.29) is 57.8 Å². The number of rotatable bonds is 8. The molecule has 0 aromatic carbocycles. The van der Waals surface area contributed by atoms with Crippen molar-refractivity contribution in [3.8, 4) is 0 Å². The van der Waals surface area contributed by atoms with Gasteiger partial charge < -0.3 is 71.3 Å². The number of anilines is 1. The van der Waals surface area contributed by atoms with Crippen LogP contribution in [0.3, 0.4) is 0 Å². The Labute approximate surface area is 216 Å². The molecule has 215 valence electrons. The molecule has 3 rings (SSSR count). The molecule has 1 aliphatic rings. The number of nitrogens with zero attached hydrogens (tertiary/aromatic N) is 3. The number of hydrogen-bond donors (Lipinski definition) is 5. The van der Waals surface area contributed by atoms with E-state index in [0.717, 1.165) is 10.9 Å². The number of fused-ring (bicyclic) bond motifs is 1. The summed E-state index contributed by atoms with van der Waals surface area (Å²) in [5.41, 5.74) is 4.42. The normalized spacial score (nSPS) is 24.2. The quantitative estimate of drug-likeness (QED) is 0.167. The van der Waals surface area contributed by atoms with Crippen LogP contribution in [0.2, 0.25) is 0 Å². The molecule has 0 saturated carbocycles. The fourth-order valence-electron chi connectivity index (χ4n) is 2.71. The van der Waals surface area contributed by atoms with Crippen LogP contribution in [0.5, 0.6) is 0 Å². The summed E-state index contributed by atoms with van der Waals surface area (Å²) in [7, 11) is -17.6. The van der Waals surface area contributed by atoms with Crippen molar-refractivity contribution in [2.75, 3.05) is 12.3 Å². The van der Waals surface area contributed by atoms with E-state index in [2.05, 4.69) is 23.8 Å². The van der Waals surface area contributed by atoms with Gasteiger partial charge in [-0.3, -0.25) is 27.8 Å². The van der Waals surface area contributed by atoms with Crippen molar-refractivity contribution in [1.29, 1.82) is 0 Å². The molecule has 1 saturated heterocycles. The molecule has 0 spiro atoms. The summed E-state index contributed by atoms with van der Waals surface area (Å²) in [5, 5.41) is 20.3. The van der Waals surface area contributed by atoms with E-state index in [0.29, 0.717) is 4.86 Å². The number of aliphatic hydroxyl groups excluding tert-OH is 2. The third kappa shape index (κ3) is 9.81. The monoisotopic (exact) mass is 643 g/mol. The van der Waals surface area contributed by atoms with Crippen molar-refractivity contribution in [2.24, 2.45) is 0 Å². The van der Waals surface area contributed by atoms with Crippen LogP contribution in [0, 0.1) is 0 Å². The minimum atomic E-state index is -5.92. The fourth-order valence-corrected chi connectivity index (χ4v) is 5.96. The van der Waals surface area contributed by atoms with Gasteiger partial charge in [0.1, 0.15) is 18.3 Å². The molecular weight excluding hydrogens is 621 g/mol. The summed E-state index contributed by atoms with van der Waals surface area (Å²) < 4.78 is 47.4. The topological polar surface area (TPSA) is 439 Å². The molecule has 0 bridgehead atoms. The van der Waals surface area contributed by atoms with Gasteiger partial charge >= 0.3 is 18.8 Å². The Morgan fingerprint density at radius 1 is 1.16 bits per heavy atom. The molecule has 14 N–H and O–H groups in total. The summed E-state index contributed by atoms with van der Waals surface area (Å²) in [6, 6.07) is 0. The fraction of sp³-hybridized carbons (Fsp3) is 0.500. The third-order valence-corrected chi connectivity index (χ3v) is 8.00. The molecule has 3 heterocycles. The van der Waals surface area contributed by atoms with E-state index in [4.69, 9.17) is 10.5 Å². The van der Waals surface area contributed by atoms with Crippen molar-refractivity contribution in [1.82, 2.24) is 24.4 Å². The number of phosphoric ester groups is 1. The maximum atomic E-state index is 11.8. The Balaban J connectivity index is -0.000000963. The van der Waals surface area contributed by atoms with E-state index < -0.39 is 60.0 Å². The van der Waals surface area contributed by atoms with E-state index in [1.54, 1.807) is 0 Å². The van der Waals surface area contributed by atoms with Gasteiger partial charge in [-0.05, 0) is 0 Å². The van der Waals surface area contributed by atoms with E-state index in [1.807, 2.05) is 0 Å². The summed E-state index contributed by atoms with van der Waals surface area (Å²) in [4.78, 5) is 65.8. The molecule has 6 atom stereocenters. The van der Waals surface area contributed by atoms with Gasteiger partial charge in [0.25, 0.3) is 13.4 Å². The van der Waals surface area contributed by atoms with Crippen molar-refractivity contribution in [3.63, 3.8) is 0 Å². The largest absolute Gasteiger partial charge is 3.00 e. The molecule has 2 aromatic rings. The molecule has 27 heteroatoms. The first-order valence-electron chi connectivity index (χ1n) is 8.12. The second-order valence-electron chi connectivity index (χ2n) is 6.24. The number of nitrogens with one attached hydrogen (secondary N) is 2. The Kier molecular flexibility index (Phi) is 15.5. The summed E-state index contributed by atoms with van der Waals surface area (Å²) in [6.07, 6.45) is -5.54. The number of aliphatic hydroxyl groups is 2. The molecule has 1 radical (unpaired) electrons. The first kappa shape index (κ1) is 40.3. The molecule has 1 fully saturated rings. The SMILES string of the molecule is Nc1nc2c(ncn2C2OC(COP(=O)([O-])OP(=O)([O-])NP(=O)([O-])[O-])C(O)C2O)c(=O)[nH]1.O.O.O.O.[Cr+3].[H+]. The second kappa shape index (κ2) is 14.3.